The van der Waals surface area contributed by atoms with E-state index in [1.165, 1.54) is 24.5 Å². The molecule has 0 spiro atoms. The lowest BCUT2D eigenvalue weighted by Crippen LogP contribution is -2.50. The Hall–Kier alpha value is -2.95. The first-order chi connectivity index (χ1) is 14.9. The van der Waals surface area contributed by atoms with Gasteiger partial charge in [-0.05, 0) is 32.9 Å². The zero-order chi connectivity index (χ0) is 23.5. The van der Waals surface area contributed by atoms with Gasteiger partial charge in [0.15, 0.2) is 15.6 Å². The molecule has 0 aliphatic carbocycles. The number of amides is 1. The number of piperazine rings is 1. The van der Waals surface area contributed by atoms with Crippen LogP contribution in [0.15, 0.2) is 35.5 Å². The summed E-state index contributed by atoms with van der Waals surface area (Å²) in [5.74, 6) is 0.200. The minimum atomic E-state index is -3.48. The maximum absolute atomic E-state index is 14.2. The third-order valence-electron chi connectivity index (χ3n) is 4.68. The van der Waals surface area contributed by atoms with Gasteiger partial charge in [-0.25, -0.2) is 27.6 Å². The molecule has 0 N–H and O–H groups in total. The molecule has 1 saturated heterocycles. The molecule has 0 saturated carbocycles. The Kier molecular flexibility index (Phi) is 6.87. The summed E-state index contributed by atoms with van der Waals surface area (Å²) in [4.78, 5) is 24.3. The molecule has 11 heteroatoms. The van der Waals surface area contributed by atoms with Crippen molar-refractivity contribution in [3.8, 4) is 5.75 Å². The summed E-state index contributed by atoms with van der Waals surface area (Å²) in [5.41, 5.74) is -0.314. The number of ether oxygens (including phenoxy) is 2. The van der Waals surface area contributed by atoms with E-state index in [2.05, 4.69) is 9.97 Å². The molecular formula is C21H27FN4O5S. The van der Waals surface area contributed by atoms with E-state index in [-0.39, 0.29) is 23.2 Å². The van der Waals surface area contributed by atoms with Crippen LogP contribution in [0.4, 0.5) is 15.1 Å². The van der Waals surface area contributed by atoms with Gasteiger partial charge in [-0.15, -0.1) is 0 Å². The van der Waals surface area contributed by atoms with Crippen LogP contribution in [0.5, 0.6) is 5.75 Å². The van der Waals surface area contributed by atoms with Crippen LogP contribution >= 0.6 is 0 Å². The number of anilines is 1. The van der Waals surface area contributed by atoms with Crippen LogP contribution in [0.25, 0.3) is 0 Å². The second kappa shape index (κ2) is 9.27. The van der Waals surface area contributed by atoms with E-state index in [1.54, 1.807) is 4.90 Å². The molecule has 0 radical (unpaired) electrons. The highest BCUT2D eigenvalue weighted by molar-refractivity contribution is 7.90. The fourth-order valence-corrected chi connectivity index (χ4v) is 3.63. The van der Waals surface area contributed by atoms with Crippen LogP contribution in [-0.2, 0) is 21.2 Å². The zero-order valence-electron chi connectivity index (χ0n) is 18.5. The first-order valence-corrected chi connectivity index (χ1v) is 12.0. The average Bonchev–Trinajstić information content (AvgIpc) is 2.71. The Morgan fingerprint density at radius 2 is 1.75 bits per heavy atom. The number of carbonyl (C=O) groups is 1. The smallest absolute Gasteiger partial charge is 0.410 e. The fraction of sp³-hybridized carbons (Fsp3) is 0.476. The summed E-state index contributed by atoms with van der Waals surface area (Å²) in [5, 5.41) is 0. The second-order valence-electron chi connectivity index (χ2n) is 8.49. The summed E-state index contributed by atoms with van der Waals surface area (Å²) in [6, 6.07) is 3.70. The number of nitrogens with zero attached hydrogens (tertiary/aromatic N) is 4. The van der Waals surface area contributed by atoms with Crippen molar-refractivity contribution in [1.82, 2.24) is 14.9 Å². The summed E-state index contributed by atoms with van der Waals surface area (Å²) in [6.45, 7) is 7.54. The van der Waals surface area contributed by atoms with Crippen molar-refractivity contribution in [2.75, 3.05) is 37.3 Å². The summed E-state index contributed by atoms with van der Waals surface area (Å²) in [6.07, 6.45) is 3.67. The Morgan fingerprint density at radius 3 is 2.28 bits per heavy atom. The van der Waals surface area contributed by atoms with E-state index >= 15 is 0 Å². The maximum Gasteiger partial charge on any atom is 0.410 e. The maximum atomic E-state index is 14.2. The number of rotatable bonds is 5. The second-order valence-corrected chi connectivity index (χ2v) is 10.5. The van der Waals surface area contributed by atoms with E-state index in [4.69, 9.17) is 9.47 Å². The molecule has 1 aromatic carbocycles. The van der Waals surface area contributed by atoms with Gasteiger partial charge in [0.05, 0.1) is 17.3 Å². The highest BCUT2D eigenvalue weighted by atomic mass is 32.2. The minimum absolute atomic E-state index is 0.0850. The number of hydrogen-bond acceptors (Lipinski definition) is 8. The zero-order valence-corrected chi connectivity index (χ0v) is 19.4. The number of halogens is 1. The number of benzene rings is 1. The van der Waals surface area contributed by atoms with Gasteiger partial charge in [-0.1, -0.05) is 6.07 Å². The first-order valence-electron chi connectivity index (χ1n) is 10.1. The summed E-state index contributed by atoms with van der Waals surface area (Å²) in [7, 11) is -3.48. The highest BCUT2D eigenvalue weighted by Crippen LogP contribution is 2.19. The van der Waals surface area contributed by atoms with E-state index in [1.807, 2.05) is 25.7 Å². The van der Waals surface area contributed by atoms with Crippen molar-refractivity contribution in [2.24, 2.45) is 0 Å². The molecule has 1 fully saturated rings. The lowest BCUT2D eigenvalue weighted by Gasteiger charge is -2.35. The molecule has 2 aromatic rings. The molecule has 1 aliphatic rings. The largest absolute Gasteiger partial charge is 0.486 e. The van der Waals surface area contributed by atoms with Crippen LogP contribution in [-0.4, -0.2) is 67.4 Å². The van der Waals surface area contributed by atoms with Crippen molar-refractivity contribution >= 4 is 21.9 Å². The van der Waals surface area contributed by atoms with Crippen LogP contribution in [0, 0.1) is 5.82 Å². The minimum Gasteiger partial charge on any atom is -0.486 e. The van der Waals surface area contributed by atoms with Crippen molar-refractivity contribution < 1.29 is 27.1 Å². The van der Waals surface area contributed by atoms with Crippen LogP contribution in [0.2, 0.25) is 0 Å². The molecule has 1 aromatic heterocycles. The van der Waals surface area contributed by atoms with Gasteiger partial charge in [0.1, 0.15) is 18.0 Å². The Morgan fingerprint density at radius 1 is 1.12 bits per heavy atom. The molecule has 0 unspecified atom stereocenters. The Labute approximate surface area is 187 Å². The summed E-state index contributed by atoms with van der Waals surface area (Å²) >= 11 is 0. The average molecular weight is 467 g/mol. The molecular weight excluding hydrogens is 439 g/mol. The van der Waals surface area contributed by atoms with Gasteiger partial charge in [0.2, 0.25) is 5.95 Å². The van der Waals surface area contributed by atoms with E-state index in [9.17, 15) is 17.6 Å². The standard InChI is InChI=1S/C21H27FN4O5S/c1-21(2,3)31-20(27)26-9-7-25(8-10-26)19-23-12-16(13-24-19)30-14-15-5-6-17(11-18(15)22)32(4,28)29/h5-6,11-13H,7-10,14H2,1-4H3. The van der Waals surface area contributed by atoms with Gasteiger partial charge in [-0.2, -0.15) is 0 Å². The number of aromatic nitrogens is 2. The molecule has 2 heterocycles. The van der Waals surface area contributed by atoms with Gasteiger partial charge in [0.25, 0.3) is 0 Å². The van der Waals surface area contributed by atoms with Gasteiger partial charge in [0, 0.05) is 38.0 Å². The molecule has 9 nitrogen and oxygen atoms in total. The van der Waals surface area contributed by atoms with Crippen LogP contribution in [0.3, 0.4) is 0 Å². The third kappa shape index (κ3) is 6.28. The van der Waals surface area contributed by atoms with Crippen molar-refractivity contribution in [3.63, 3.8) is 0 Å². The SMILES string of the molecule is CC(C)(C)OC(=O)N1CCN(c2ncc(OCc3ccc(S(C)(=O)=O)cc3F)cn2)CC1. The monoisotopic (exact) mass is 466 g/mol. The number of hydrogen-bond donors (Lipinski definition) is 0. The topological polar surface area (TPSA) is 102 Å². The lowest BCUT2D eigenvalue weighted by molar-refractivity contribution is 0.0240. The molecule has 1 amide bonds. The Bertz CT molecular complexity index is 1060. The van der Waals surface area contributed by atoms with Crippen LogP contribution < -0.4 is 9.64 Å². The predicted octanol–water partition coefficient (Wildman–Crippen LogP) is 2.66. The molecule has 32 heavy (non-hydrogen) atoms. The number of carbonyl (C=O) groups excluding carboxylic acids is 1. The molecule has 3 rings (SSSR count). The third-order valence-corrected chi connectivity index (χ3v) is 5.79. The Balaban J connectivity index is 1.53. The predicted molar refractivity (Wildman–Crippen MR) is 116 cm³/mol. The first kappa shape index (κ1) is 23.7. The van der Waals surface area contributed by atoms with E-state index in [0.29, 0.717) is 37.9 Å². The normalized spacial score (nSPS) is 14.9. The van der Waals surface area contributed by atoms with Crippen molar-refractivity contribution in [2.45, 2.75) is 37.9 Å². The molecule has 0 bridgehead atoms. The van der Waals surface area contributed by atoms with Gasteiger partial charge < -0.3 is 19.3 Å². The van der Waals surface area contributed by atoms with Crippen molar-refractivity contribution in [1.29, 1.82) is 0 Å². The van der Waals surface area contributed by atoms with Gasteiger partial charge >= 0.3 is 6.09 Å². The van der Waals surface area contributed by atoms with E-state index in [0.717, 1.165) is 12.3 Å². The molecule has 1 aliphatic heterocycles. The fourth-order valence-electron chi connectivity index (χ4n) is 3.00. The van der Waals surface area contributed by atoms with E-state index < -0.39 is 21.3 Å². The van der Waals surface area contributed by atoms with Gasteiger partial charge in [-0.3, -0.25) is 0 Å². The lowest BCUT2D eigenvalue weighted by atomic mass is 10.2. The van der Waals surface area contributed by atoms with Crippen molar-refractivity contribution in [3.05, 3.63) is 42.0 Å². The highest BCUT2D eigenvalue weighted by Gasteiger charge is 2.26. The quantitative estimate of drug-likeness (QED) is 0.663. The molecule has 0 atom stereocenters. The summed E-state index contributed by atoms with van der Waals surface area (Å²) < 4.78 is 48.1. The number of sulfone groups is 1. The van der Waals surface area contributed by atoms with Crippen LogP contribution in [0.1, 0.15) is 26.3 Å². The molecule has 174 valence electrons.